The summed E-state index contributed by atoms with van der Waals surface area (Å²) in [5.41, 5.74) is 3.91. The van der Waals surface area contributed by atoms with Gasteiger partial charge in [-0.1, -0.05) is 6.92 Å². The normalized spacial score (nSPS) is 15.0. The van der Waals surface area contributed by atoms with E-state index in [0.717, 1.165) is 35.2 Å². The summed E-state index contributed by atoms with van der Waals surface area (Å²) < 4.78 is 7.78. The summed E-state index contributed by atoms with van der Waals surface area (Å²) in [4.78, 5) is 36.1. The summed E-state index contributed by atoms with van der Waals surface area (Å²) in [6.45, 7) is 3.49. The molecule has 1 saturated heterocycles. The number of aromatic nitrogens is 3. The van der Waals surface area contributed by atoms with Crippen molar-refractivity contribution in [1.29, 1.82) is 0 Å². The standard InChI is InChI=1S/C22H30B5N5O3/c1-3-12-6-17-18(31(2)20(12)34)7-13(8-28-17)21(23,24)32-10-15(11-32)35-14-4-5-16(29-9-14)19(33)30-22(25,26)27/h4-9,15H,3,10-11,23-27H2,1-2H3,(H,30,33). The molecule has 0 unspecified atom stereocenters. The molecule has 0 aromatic carbocycles. The summed E-state index contributed by atoms with van der Waals surface area (Å²) in [5.74, 6) is 0.446. The van der Waals surface area contributed by atoms with Gasteiger partial charge in [0, 0.05) is 31.9 Å². The van der Waals surface area contributed by atoms with Gasteiger partial charge < -0.3 is 19.5 Å². The number of fused-ring (bicyclic) bond motifs is 1. The number of carbonyl (C=O) groups is 1. The number of ether oxygens (including phenoxy) is 1. The molecule has 0 radical (unpaired) electrons. The summed E-state index contributed by atoms with van der Waals surface area (Å²) in [6, 6.07) is 7.44. The number of aryl methyl sites for hydroxylation is 2. The minimum absolute atomic E-state index is 0.0321. The molecule has 35 heavy (non-hydrogen) atoms. The van der Waals surface area contributed by atoms with E-state index in [1.54, 1.807) is 22.9 Å². The van der Waals surface area contributed by atoms with Gasteiger partial charge in [-0.3, -0.25) is 14.6 Å². The number of nitrogens with one attached hydrogen (secondary N) is 1. The Morgan fingerprint density at radius 2 is 1.86 bits per heavy atom. The largest absolute Gasteiger partial charge is 0.486 e. The second-order valence-corrected chi connectivity index (χ2v) is 10.8. The maximum atomic E-state index is 12.6. The van der Waals surface area contributed by atoms with E-state index in [9.17, 15) is 9.59 Å². The van der Waals surface area contributed by atoms with Crippen LogP contribution in [0, 0.1) is 0 Å². The predicted molar refractivity (Wildman–Crippen MR) is 151 cm³/mol. The lowest BCUT2D eigenvalue weighted by Gasteiger charge is -2.49. The van der Waals surface area contributed by atoms with Crippen molar-refractivity contribution in [3.8, 4) is 5.75 Å². The third-order valence-corrected chi connectivity index (χ3v) is 6.64. The first-order valence-corrected chi connectivity index (χ1v) is 12.1. The average Bonchev–Trinajstić information content (AvgIpc) is 2.77. The second kappa shape index (κ2) is 9.26. The number of amides is 1. The van der Waals surface area contributed by atoms with Crippen LogP contribution >= 0.6 is 0 Å². The first kappa shape index (κ1) is 25.2. The van der Waals surface area contributed by atoms with Crippen LogP contribution in [0.2, 0.25) is 0 Å². The zero-order valence-corrected chi connectivity index (χ0v) is 21.7. The molecule has 3 aromatic rings. The fraction of sp³-hybridized carbons (Fsp3) is 0.364. The van der Waals surface area contributed by atoms with Crippen LogP contribution in [-0.4, -0.2) is 89.0 Å². The molecule has 4 rings (SSSR count). The van der Waals surface area contributed by atoms with Crippen molar-refractivity contribution < 1.29 is 9.53 Å². The molecular weight excluding hydrogens is 436 g/mol. The van der Waals surface area contributed by atoms with Crippen molar-refractivity contribution in [2.45, 2.75) is 30.0 Å². The van der Waals surface area contributed by atoms with Crippen molar-refractivity contribution >= 4 is 56.2 Å². The Bertz CT molecular complexity index is 1320. The van der Waals surface area contributed by atoms with E-state index in [1.165, 1.54) is 0 Å². The van der Waals surface area contributed by atoms with E-state index >= 15 is 0 Å². The Morgan fingerprint density at radius 3 is 2.46 bits per heavy atom. The van der Waals surface area contributed by atoms with Crippen molar-refractivity contribution in [3.63, 3.8) is 0 Å². The molecular formula is C22H30B5N5O3. The van der Waals surface area contributed by atoms with Gasteiger partial charge in [-0.05, 0) is 46.8 Å². The molecule has 8 nitrogen and oxygen atoms in total. The van der Waals surface area contributed by atoms with Gasteiger partial charge in [-0.2, -0.15) is 0 Å². The smallest absolute Gasteiger partial charge is 0.268 e. The third kappa shape index (κ3) is 5.20. The topological polar surface area (TPSA) is 89.4 Å². The van der Waals surface area contributed by atoms with E-state index in [0.29, 0.717) is 17.9 Å². The molecule has 1 aliphatic rings. The van der Waals surface area contributed by atoms with Gasteiger partial charge in [0.2, 0.25) is 0 Å². The molecule has 0 atom stereocenters. The van der Waals surface area contributed by atoms with E-state index in [4.69, 9.17) is 4.74 Å². The van der Waals surface area contributed by atoms with E-state index < -0.39 is 0 Å². The van der Waals surface area contributed by atoms with Crippen LogP contribution in [0.3, 0.4) is 0 Å². The summed E-state index contributed by atoms with van der Waals surface area (Å²) >= 11 is 0. The Kier molecular flexibility index (Phi) is 6.66. The number of likely N-dealkylation sites (tertiary alicyclic amines) is 1. The van der Waals surface area contributed by atoms with Gasteiger partial charge >= 0.3 is 0 Å². The number of pyridine rings is 3. The van der Waals surface area contributed by atoms with Crippen LogP contribution in [0.15, 0.2) is 41.5 Å². The van der Waals surface area contributed by atoms with Crippen LogP contribution in [0.25, 0.3) is 11.0 Å². The molecule has 0 spiro atoms. The predicted octanol–water partition coefficient (Wildman–Crippen LogP) is -3.73. The van der Waals surface area contributed by atoms with Crippen molar-refractivity contribution in [2.24, 2.45) is 7.05 Å². The number of nitrogens with zero attached hydrogens (tertiary/aromatic N) is 4. The fourth-order valence-corrected chi connectivity index (χ4v) is 4.32. The first-order chi connectivity index (χ1) is 16.4. The van der Waals surface area contributed by atoms with E-state index in [2.05, 4.69) is 41.9 Å². The number of rotatable bonds is 7. The number of hydrogen-bond donors (Lipinski definition) is 1. The Labute approximate surface area is 210 Å². The molecule has 1 amide bonds. The first-order valence-electron chi connectivity index (χ1n) is 12.1. The maximum absolute atomic E-state index is 12.6. The molecule has 0 saturated carbocycles. The molecule has 1 fully saturated rings. The molecule has 0 bridgehead atoms. The average molecular weight is 467 g/mol. The molecule has 0 aliphatic carbocycles. The highest BCUT2D eigenvalue weighted by atomic mass is 16.5. The summed E-state index contributed by atoms with van der Waals surface area (Å²) in [6.07, 6.45) is 4.24. The van der Waals surface area contributed by atoms with Crippen LogP contribution in [0.5, 0.6) is 5.75 Å². The molecule has 13 heteroatoms. The Hall–Kier alpha value is -2.94. The lowest BCUT2D eigenvalue weighted by Crippen LogP contribution is -2.63. The summed E-state index contributed by atoms with van der Waals surface area (Å²) in [5, 5.41) is 2.32. The third-order valence-electron chi connectivity index (χ3n) is 6.64. The minimum atomic E-state index is -0.316. The second-order valence-electron chi connectivity index (χ2n) is 10.8. The van der Waals surface area contributed by atoms with Gasteiger partial charge in [0.1, 0.15) is 56.8 Å². The molecule has 4 heterocycles. The van der Waals surface area contributed by atoms with Gasteiger partial charge in [0.25, 0.3) is 11.5 Å². The highest BCUT2D eigenvalue weighted by Gasteiger charge is 2.39. The van der Waals surface area contributed by atoms with E-state index in [1.807, 2.05) is 49.8 Å². The quantitative estimate of drug-likeness (QED) is 0.360. The fourth-order valence-electron chi connectivity index (χ4n) is 4.32. The number of carbonyl (C=O) groups excluding carboxylic acids is 1. The minimum Gasteiger partial charge on any atom is -0.486 e. The summed E-state index contributed by atoms with van der Waals surface area (Å²) in [7, 11) is 11.9. The van der Waals surface area contributed by atoms with Crippen molar-refractivity contribution in [1.82, 2.24) is 24.8 Å². The van der Waals surface area contributed by atoms with Crippen molar-refractivity contribution in [2.75, 3.05) is 13.1 Å². The SMILES string of the molecule is BC(B)(B)NC(=O)c1ccc(OC2CN(C(B)(B)c3cnc4cc(CC)c(=O)n(C)c4c3)C2)cn1. The highest BCUT2D eigenvalue weighted by molar-refractivity contribution is 6.60. The van der Waals surface area contributed by atoms with Gasteiger partial charge in [0.15, 0.2) is 0 Å². The molecule has 176 valence electrons. The lowest BCUT2D eigenvalue weighted by molar-refractivity contribution is -0.00206. The van der Waals surface area contributed by atoms with E-state index in [-0.39, 0.29) is 28.1 Å². The molecule has 1 N–H and O–H groups in total. The molecule has 1 aliphatic heterocycles. The van der Waals surface area contributed by atoms with Crippen LogP contribution < -0.4 is 15.6 Å². The zero-order valence-electron chi connectivity index (χ0n) is 21.7. The number of hydrogen-bond acceptors (Lipinski definition) is 6. The van der Waals surface area contributed by atoms with Crippen LogP contribution in [0.4, 0.5) is 0 Å². The maximum Gasteiger partial charge on any atom is 0.268 e. The Balaban J connectivity index is 1.42. The zero-order chi connectivity index (χ0) is 25.5. The van der Waals surface area contributed by atoms with Gasteiger partial charge in [-0.25, -0.2) is 4.98 Å². The van der Waals surface area contributed by atoms with Gasteiger partial charge in [-0.15, -0.1) is 0 Å². The van der Waals surface area contributed by atoms with Crippen LogP contribution in [0.1, 0.15) is 28.5 Å². The van der Waals surface area contributed by atoms with Crippen molar-refractivity contribution in [3.05, 3.63) is 63.8 Å². The van der Waals surface area contributed by atoms with Crippen LogP contribution in [-0.2, 0) is 18.8 Å². The molecule has 3 aromatic heterocycles. The van der Waals surface area contributed by atoms with Gasteiger partial charge in [0.05, 0.1) is 17.2 Å². The highest BCUT2D eigenvalue weighted by Crippen LogP contribution is 2.30. The lowest BCUT2D eigenvalue weighted by atomic mass is 9.49. The monoisotopic (exact) mass is 467 g/mol. The Morgan fingerprint density at radius 1 is 1.14 bits per heavy atom.